The second kappa shape index (κ2) is 8.34. The van der Waals surface area contributed by atoms with E-state index in [0.29, 0.717) is 18.1 Å². The highest BCUT2D eigenvalue weighted by atomic mass is 19.1. The lowest BCUT2D eigenvalue weighted by Gasteiger charge is -2.26. The maximum Gasteiger partial charge on any atom is 0.223 e. The first kappa shape index (κ1) is 20.8. The Kier molecular flexibility index (Phi) is 5.59. The summed E-state index contributed by atoms with van der Waals surface area (Å²) < 4.78 is 25.1. The van der Waals surface area contributed by atoms with Gasteiger partial charge >= 0.3 is 0 Å². The molecule has 5 heteroatoms. The Morgan fingerprint density at radius 3 is 2.16 bits per heavy atom. The smallest absolute Gasteiger partial charge is 0.223 e. The first-order valence-electron chi connectivity index (χ1n) is 10.2. The van der Waals surface area contributed by atoms with Crippen LogP contribution in [0.3, 0.4) is 0 Å². The monoisotopic (exact) mass is 416 g/mol. The molecule has 3 aromatic carbocycles. The Morgan fingerprint density at radius 2 is 1.55 bits per heavy atom. The average Bonchev–Trinajstić information content (AvgIpc) is 3.20. The average molecular weight is 416 g/mol. The molecule has 158 valence electrons. The van der Waals surface area contributed by atoms with Gasteiger partial charge in [-0.25, -0.2) is 4.39 Å². The number of halogens is 1. The topological polar surface area (TPSA) is 48.2 Å². The van der Waals surface area contributed by atoms with Crippen LogP contribution < -0.4 is 4.74 Å². The largest absolute Gasteiger partial charge is 0.489 e. The fourth-order valence-electron chi connectivity index (χ4n) is 3.51. The van der Waals surface area contributed by atoms with Gasteiger partial charge in [0.2, 0.25) is 11.7 Å². The SMILES string of the molecule is Cc1ccc(C(C)(C)c2ccc(OCc3ccc(F)c(-c4noc(C)n4)c3)cc2)cc1. The highest BCUT2D eigenvalue weighted by Crippen LogP contribution is 2.32. The minimum absolute atomic E-state index is 0.110. The maximum absolute atomic E-state index is 14.2. The zero-order valence-electron chi connectivity index (χ0n) is 18.1. The molecule has 0 saturated carbocycles. The molecular formula is C26H25FN2O2. The lowest BCUT2D eigenvalue weighted by atomic mass is 9.78. The van der Waals surface area contributed by atoms with E-state index in [1.165, 1.54) is 22.8 Å². The fraction of sp³-hybridized carbons (Fsp3) is 0.231. The minimum atomic E-state index is -0.396. The summed E-state index contributed by atoms with van der Waals surface area (Å²) in [6.45, 7) is 8.51. The molecule has 4 nitrogen and oxygen atoms in total. The third-order valence-electron chi connectivity index (χ3n) is 5.55. The van der Waals surface area contributed by atoms with Crippen LogP contribution in [0.1, 0.15) is 42.0 Å². The van der Waals surface area contributed by atoms with Gasteiger partial charge in [-0.15, -0.1) is 0 Å². The molecule has 1 aromatic heterocycles. The lowest BCUT2D eigenvalue weighted by Crippen LogP contribution is -2.18. The van der Waals surface area contributed by atoms with E-state index in [4.69, 9.17) is 9.26 Å². The zero-order valence-corrected chi connectivity index (χ0v) is 18.1. The fourth-order valence-corrected chi connectivity index (χ4v) is 3.51. The molecule has 1 heterocycles. The van der Waals surface area contributed by atoms with Crippen molar-refractivity contribution in [3.05, 3.63) is 101 Å². The van der Waals surface area contributed by atoms with E-state index in [9.17, 15) is 4.39 Å². The highest BCUT2D eigenvalue weighted by molar-refractivity contribution is 5.56. The van der Waals surface area contributed by atoms with E-state index in [1.54, 1.807) is 19.1 Å². The number of aromatic nitrogens is 2. The molecule has 0 unspecified atom stereocenters. The van der Waals surface area contributed by atoms with E-state index in [1.807, 2.05) is 12.1 Å². The van der Waals surface area contributed by atoms with Gasteiger partial charge in [-0.2, -0.15) is 4.98 Å². The molecule has 0 amide bonds. The quantitative estimate of drug-likeness (QED) is 0.365. The molecule has 4 rings (SSSR count). The zero-order chi connectivity index (χ0) is 22.0. The Hall–Kier alpha value is -3.47. The van der Waals surface area contributed by atoms with Gasteiger partial charge in [0.05, 0.1) is 5.56 Å². The van der Waals surface area contributed by atoms with E-state index >= 15 is 0 Å². The van der Waals surface area contributed by atoms with Crippen LogP contribution in [-0.2, 0) is 12.0 Å². The number of benzene rings is 3. The van der Waals surface area contributed by atoms with Gasteiger partial charge in [0.1, 0.15) is 18.2 Å². The number of hydrogen-bond acceptors (Lipinski definition) is 4. The number of aryl methyl sites for hydroxylation is 2. The van der Waals surface area contributed by atoms with E-state index < -0.39 is 5.82 Å². The van der Waals surface area contributed by atoms with Crippen LogP contribution >= 0.6 is 0 Å². The van der Waals surface area contributed by atoms with Crippen molar-refractivity contribution in [2.45, 2.75) is 39.7 Å². The molecule has 0 aliphatic carbocycles. The van der Waals surface area contributed by atoms with Crippen LogP contribution in [0.4, 0.5) is 4.39 Å². The maximum atomic E-state index is 14.2. The summed E-state index contributed by atoms with van der Waals surface area (Å²) in [4.78, 5) is 4.10. The molecule has 0 saturated heterocycles. The lowest BCUT2D eigenvalue weighted by molar-refractivity contribution is 0.306. The molecule has 4 aromatic rings. The third-order valence-corrected chi connectivity index (χ3v) is 5.55. The molecule has 0 aliphatic heterocycles. The van der Waals surface area contributed by atoms with Gasteiger partial charge in [-0.3, -0.25) is 0 Å². The summed E-state index contributed by atoms with van der Waals surface area (Å²) >= 11 is 0. The minimum Gasteiger partial charge on any atom is -0.489 e. The first-order valence-corrected chi connectivity index (χ1v) is 10.2. The molecule has 31 heavy (non-hydrogen) atoms. The Bertz CT molecular complexity index is 1180. The van der Waals surface area contributed by atoms with Crippen LogP contribution in [0.5, 0.6) is 5.75 Å². The van der Waals surface area contributed by atoms with E-state index in [-0.39, 0.29) is 11.2 Å². The second-order valence-corrected chi connectivity index (χ2v) is 8.26. The summed E-state index contributed by atoms with van der Waals surface area (Å²) in [5.41, 5.74) is 4.74. The Labute approximate surface area is 181 Å². The predicted molar refractivity (Wildman–Crippen MR) is 119 cm³/mol. The van der Waals surface area contributed by atoms with Crippen LogP contribution in [0.2, 0.25) is 0 Å². The number of nitrogens with zero attached hydrogens (tertiary/aromatic N) is 2. The standard InChI is InChI=1S/C26H25FN2O2/c1-17-5-8-20(9-6-17)26(3,4)21-10-12-22(13-11-21)30-16-19-7-14-24(27)23(15-19)25-28-18(2)31-29-25/h5-15H,16H2,1-4H3. The van der Waals surface area contributed by atoms with Gasteiger partial charge in [0.15, 0.2) is 0 Å². The van der Waals surface area contributed by atoms with E-state index in [0.717, 1.165) is 11.3 Å². The summed E-state index contributed by atoms with van der Waals surface area (Å²) in [5.74, 6) is 0.987. The predicted octanol–water partition coefficient (Wildman–Crippen LogP) is 6.40. The van der Waals surface area contributed by atoms with Crippen LogP contribution in [0, 0.1) is 19.7 Å². The highest BCUT2D eigenvalue weighted by Gasteiger charge is 2.23. The molecular weight excluding hydrogens is 391 g/mol. The van der Waals surface area contributed by atoms with Crippen LogP contribution in [-0.4, -0.2) is 10.1 Å². The normalized spacial score (nSPS) is 11.5. The summed E-state index contributed by atoms with van der Waals surface area (Å²) in [6, 6.07) is 21.5. The summed E-state index contributed by atoms with van der Waals surface area (Å²) in [7, 11) is 0. The number of ether oxygens (including phenoxy) is 1. The van der Waals surface area contributed by atoms with Gasteiger partial charge in [0.25, 0.3) is 0 Å². The molecule has 0 N–H and O–H groups in total. The van der Waals surface area contributed by atoms with Gasteiger partial charge in [-0.1, -0.05) is 67.0 Å². The summed E-state index contributed by atoms with van der Waals surface area (Å²) in [6.07, 6.45) is 0. The van der Waals surface area contributed by atoms with Crippen molar-refractivity contribution >= 4 is 0 Å². The number of rotatable bonds is 6. The second-order valence-electron chi connectivity index (χ2n) is 8.26. The molecule has 0 atom stereocenters. The molecule has 0 radical (unpaired) electrons. The molecule has 0 fully saturated rings. The molecule has 0 spiro atoms. The van der Waals surface area contributed by atoms with Crippen molar-refractivity contribution in [2.24, 2.45) is 0 Å². The van der Waals surface area contributed by atoms with Crippen LogP contribution in [0.15, 0.2) is 71.3 Å². The van der Waals surface area contributed by atoms with Gasteiger partial charge in [0, 0.05) is 12.3 Å². The van der Waals surface area contributed by atoms with Crippen molar-refractivity contribution in [3.63, 3.8) is 0 Å². The van der Waals surface area contributed by atoms with Crippen molar-refractivity contribution in [3.8, 4) is 17.1 Å². The van der Waals surface area contributed by atoms with Crippen molar-refractivity contribution in [1.82, 2.24) is 10.1 Å². The third kappa shape index (κ3) is 4.50. The first-order chi connectivity index (χ1) is 14.8. The van der Waals surface area contributed by atoms with Crippen LogP contribution in [0.25, 0.3) is 11.4 Å². The molecule has 0 aliphatic rings. The Morgan fingerprint density at radius 1 is 0.903 bits per heavy atom. The molecule has 0 bridgehead atoms. The van der Waals surface area contributed by atoms with Crippen molar-refractivity contribution in [1.29, 1.82) is 0 Å². The van der Waals surface area contributed by atoms with Gasteiger partial charge < -0.3 is 9.26 Å². The summed E-state index contributed by atoms with van der Waals surface area (Å²) in [5, 5.41) is 3.80. The van der Waals surface area contributed by atoms with Crippen molar-refractivity contribution in [2.75, 3.05) is 0 Å². The van der Waals surface area contributed by atoms with Gasteiger partial charge in [-0.05, 0) is 47.9 Å². The Balaban J connectivity index is 1.47. The van der Waals surface area contributed by atoms with E-state index in [2.05, 4.69) is 67.3 Å². The number of hydrogen-bond donors (Lipinski definition) is 0. The van der Waals surface area contributed by atoms with Crippen molar-refractivity contribution < 1.29 is 13.7 Å².